The molecule has 1 aromatic carbocycles. The van der Waals surface area contributed by atoms with Gasteiger partial charge in [-0.05, 0) is 55.2 Å². The smallest absolute Gasteiger partial charge is 0.132 e. The highest BCUT2D eigenvalue weighted by atomic mass is 19.1. The lowest BCUT2D eigenvalue weighted by Gasteiger charge is -2.28. The number of aryl methyl sites for hydroxylation is 1. The van der Waals surface area contributed by atoms with Gasteiger partial charge in [0.05, 0.1) is 0 Å². The molecule has 0 bridgehead atoms. The molecule has 2 heteroatoms. The van der Waals surface area contributed by atoms with E-state index in [1.54, 1.807) is 6.92 Å². The zero-order chi connectivity index (χ0) is 13.3. The largest absolute Gasteiger partial charge is 0.207 e. The second kappa shape index (κ2) is 5.38. The van der Waals surface area contributed by atoms with Crippen LogP contribution in [0.1, 0.15) is 62.1 Å². The van der Waals surface area contributed by atoms with E-state index >= 15 is 0 Å². The molecule has 0 nitrogen and oxygen atoms in total. The van der Waals surface area contributed by atoms with Gasteiger partial charge in [-0.15, -0.1) is 0 Å². The first-order valence-electron chi connectivity index (χ1n) is 7.01. The summed E-state index contributed by atoms with van der Waals surface area (Å²) in [5, 5.41) is 0. The standard InChI is InChI=1S/C16H22F2/c1-4-12-9-14(17)11(3)16(18)15(12)13-7-5-10(2)6-8-13/h9-10,13H,4-8H2,1-3H3. The second-order valence-corrected chi connectivity index (χ2v) is 5.68. The van der Waals surface area contributed by atoms with E-state index in [1.807, 2.05) is 6.92 Å². The Morgan fingerprint density at radius 2 is 1.78 bits per heavy atom. The van der Waals surface area contributed by atoms with Gasteiger partial charge in [0, 0.05) is 5.56 Å². The molecule has 18 heavy (non-hydrogen) atoms. The van der Waals surface area contributed by atoms with Crippen molar-refractivity contribution in [3.63, 3.8) is 0 Å². The molecule has 0 unspecified atom stereocenters. The number of benzene rings is 1. The van der Waals surface area contributed by atoms with Gasteiger partial charge in [-0.2, -0.15) is 0 Å². The van der Waals surface area contributed by atoms with Gasteiger partial charge in [0.1, 0.15) is 11.6 Å². The van der Waals surface area contributed by atoms with Crippen molar-refractivity contribution >= 4 is 0 Å². The van der Waals surface area contributed by atoms with Gasteiger partial charge >= 0.3 is 0 Å². The van der Waals surface area contributed by atoms with Gasteiger partial charge in [0.2, 0.25) is 0 Å². The first-order valence-corrected chi connectivity index (χ1v) is 7.01. The SMILES string of the molecule is CCc1cc(F)c(C)c(F)c1C1CCC(C)CC1. The van der Waals surface area contributed by atoms with Crippen LogP contribution < -0.4 is 0 Å². The molecule has 0 radical (unpaired) electrons. The average molecular weight is 252 g/mol. The molecule has 1 aliphatic carbocycles. The highest BCUT2D eigenvalue weighted by Gasteiger charge is 2.26. The van der Waals surface area contributed by atoms with Crippen LogP contribution in [0.4, 0.5) is 8.78 Å². The number of hydrogen-bond acceptors (Lipinski definition) is 0. The van der Waals surface area contributed by atoms with Crippen molar-refractivity contribution in [1.82, 2.24) is 0 Å². The first kappa shape index (κ1) is 13.5. The molecule has 0 heterocycles. The minimum atomic E-state index is -0.405. The molecule has 1 aromatic rings. The summed E-state index contributed by atoms with van der Waals surface area (Å²) in [5.41, 5.74) is 1.83. The summed E-state index contributed by atoms with van der Waals surface area (Å²) in [6.45, 7) is 5.76. The van der Waals surface area contributed by atoms with Crippen LogP contribution in [0, 0.1) is 24.5 Å². The topological polar surface area (TPSA) is 0 Å². The van der Waals surface area contributed by atoms with E-state index in [0.29, 0.717) is 6.42 Å². The quantitative estimate of drug-likeness (QED) is 0.684. The number of hydrogen-bond donors (Lipinski definition) is 0. The van der Waals surface area contributed by atoms with E-state index in [-0.39, 0.29) is 17.3 Å². The summed E-state index contributed by atoms with van der Waals surface area (Å²) in [6.07, 6.45) is 5.09. The average Bonchev–Trinajstić information content (AvgIpc) is 2.37. The van der Waals surface area contributed by atoms with Crippen LogP contribution in [0.2, 0.25) is 0 Å². The van der Waals surface area contributed by atoms with E-state index in [4.69, 9.17) is 0 Å². The van der Waals surface area contributed by atoms with Crippen molar-refractivity contribution < 1.29 is 8.78 Å². The van der Waals surface area contributed by atoms with E-state index in [1.165, 1.54) is 6.07 Å². The maximum Gasteiger partial charge on any atom is 0.132 e. The zero-order valence-electron chi connectivity index (χ0n) is 11.5. The highest BCUT2D eigenvalue weighted by molar-refractivity contribution is 5.37. The highest BCUT2D eigenvalue weighted by Crippen LogP contribution is 2.39. The fourth-order valence-electron chi connectivity index (χ4n) is 3.07. The molecule has 1 saturated carbocycles. The van der Waals surface area contributed by atoms with E-state index in [9.17, 15) is 8.78 Å². The fourth-order valence-corrected chi connectivity index (χ4v) is 3.07. The minimum Gasteiger partial charge on any atom is -0.207 e. The Bertz CT molecular complexity index is 429. The van der Waals surface area contributed by atoms with Crippen LogP contribution in [-0.4, -0.2) is 0 Å². The summed E-state index contributed by atoms with van der Waals surface area (Å²) in [7, 11) is 0. The monoisotopic (exact) mass is 252 g/mol. The predicted molar refractivity (Wildman–Crippen MR) is 70.8 cm³/mol. The summed E-state index contributed by atoms with van der Waals surface area (Å²) in [4.78, 5) is 0. The first-order chi connectivity index (χ1) is 8.54. The molecule has 0 atom stereocenters. The Hall–Kier alpha value is -0.920. The minimum absolute atomic E-state index is 0.181. The Morgan fingerprint density at radius 1 is 1.17 bits per heavy atom. The van der Waals surface area contributed by atoms with Crippen LogP contribution >= 0.6 is 0 Å². The maximum atomic E-state index is 14.4. The normalized spacial score (nSPS) is 24.3. The van der Waals surface area contributed by atoms with Crippen molar-refractivity contribution in [1.29, 1.82) is 0 Å². The third kappa shape index (κ3) is 2.43. The van der Waals surface area contributed by atoms with Crippen LogP contribution in [0.15, 0.2) is 6.07 Å². The fraction of sp³-hybridized carbons (Fsp3) is 0.625. The van der Waals surface area contributed by atoms with Crippen molar-refractivity contribution in [3.8, 4) is 0 Å². The number of halogens is 2. The summed E-state index contributed by atoms with van der Waals surface area (Å²) < 4.78 is 27.9. The Kier molecular flexibility index (Phi) is 4.04. The molecule has 1 fully saturated rings. The van der Waals surface area contributed by atoms with Crippen LogP contribution in [-0.2, 0) is 6.42 Å². The van der Waals surface area contributed by atoms with Gasteiger partial charge in [-0.3, -0.25) is 0 Å². The maximum absolute atomic E-state index is 14.4. The van der Waals surface area contributed by atoms with Crippen molar-refractivity contribution in [2.24, 2.45) is 5.92 Å². The van der Waals surface area contributed by atoms with E-state index in [2.05, 4.69) is 6.92 Å². The van der Waals surface area contributed by atoms with Crippen molar-refractivity contribution in [3.05, 3.63) is 34.4 Å². The lowest BCUT2D eigenvalue weighted by atomic mass is 9.77. The van der Waals surface area contributed by atoms with Crippen LogP contribution in [0.25, 0.3) is 0 Å². The summed E-state index contributed by atoms with van der Waals surface area (Å²) >= 11 is 0. The van der Waals surface area contributed by atoms with Gasteiger partial charge in [-0.25, -0.2) is 8.78 Å². The molecule has 2 rings (SSSR count). The van der Waals surface area contributed by atoms with Gasteiger partial charge < -0.3 is 0 Å². The molecular formula is C16H22F2. The molecule has 0 spiro atoms. The van der Waals surface area contributed by atoms with Crippen LogP contribution in [0.3, 0.4) is 0 Å². The van der Waals surface area contributed by atoms with Crippen molar-refractivity contribution in [2.45, 2.75) is 58.8 Å². The molecule has 0 amide bonds. The lowest BCUT2D eigenvalue weighted by molar-refractivity contribution is 0.340. The Balaban J connectivity index is 2.39. The Morgan fingerprint density at radius 3 is 2.33 bits per heavy atom. The zero-order valence-corrected chi connectivity index (χ0v) is 11.5. The number of rotatable bonds is 2. The van der Waals surface area contributed by atoms with Gasteiger partial charge in [0.25, 0.3) is 0 Å². The molecular weight excluding hydrogens is 230 g/mol. The van der Waals surface area contributed by atoms with Gasteiger partial charge in [-0.1, -0.05) is 26.7 Å². The van der Waals surface area contributed by atoms with Crippen molar-refractivity contribution in [2.75, 3.05) is 0 Å². The van der Waals surface area contributed by atoms with Gasteiger partial charge in [0.15, 0.2) is 0 Å². The third-order valence-corrected chi connectivity index (χ3v) is 4.38. The lowest BCUT2D eigenvalue weighted by Crippen LogP contribution is -2.15. The molecule has 0 saturated heterocycles. The second-order valence-electron chi connectivity index (χ2n) is 5.68. The third-order valence-electron chi connectivity index (χ3n) is 4.38. The van der Waals surface area contributed by atoms with E-state index in [0.717, 1.165) is 42.7 Å². The summed E-state index contributed by atoms with van der Waals surface area (Å²) in [6, 6.07) is 1.53. The molecule has 0 aliphatic heterocycles. The summed E-state index contributed by atoms with van der Waals surface area (Å²) in [5.74, 6) is 0.329. The Labute approximate surface area is 108 Å². The molecule has 0 N–H and O–H groups in total. The van der Waals surface area contributed by atoms with E-state index < -0.39 is 5.82 Å². The molecule has 1 aliphatic rings. The van der Waals surface area contributed by atoms with Crippen LogP contribution in [0.5, 0.6) is 0 Å². The molecule has 0 aromatic heterocycles. The predicted octanol–water partition coefficient (Wildman–Crippen LogP) is 5.13. The molecule has 100 valence electrons.